The van der Waals surface area contributed by atoms with E-state index in [1.165, 1.54) is 12.1 Å². The van der Waals surface area contributed by atoms with Gasteiger partial charge in [0.25, 0.3) is 0 Å². The second kappa shape index (κ2) is 8.68. The van der Waals surface area contributed by atoms with Crippen LogP contribution in [0.1, 0.15) is 19.3 Å². The number of hydrogen-bond donors (Lipinski definition) is 0. The Hall–Kier alpha value is -2.17. The van der Waals surface area contributed by atoms with Crippen LogP contribution in [0.15, 0.2) is 24.3 Å². The maximum atomic E-state index is 12.1. The summed E-state index contributed by atoms with van der Waals surface area (Å²) < 4.78 is 81.8. The minimum Gasteiger partial charge on any atom is -0.494 e. The van der Waals surface area contributed by atoms with E-state index in [1.807, 2.05) is 0 Å². The molecule has 0 spiro atoms. The minimum absolute atomic E-state index is 0.179. The standard InChI is InChI=1S/C16H17F6NO4/c17-15(18,19)14(24)27-23-8-5-11(6-9-23)7-10-25-12-1-3-13(4-2-12)26-16(20,21)22/h1-4,11H,5-10H2. The molecule has 11 heteroatoms. The highest BCUT2D eigenvalue weighted by atomic mass is 19.4. The fourth-order valence-electron chi connectivity index (χ4n) is 2.54. The molecule has 0 amide bonds. The number of halogens is 6. The molecule has 152 valence electrons. The van der Waals surface area contributed by atoms with Gasteiger partial charge < -0.3 is 14.3 Å². The van der Waals surface area contributed by atoms with Gasteiger partial charge in [-0.3, -0.25) is 0 Å². The Kier molecular flexibility index (Phi) is 6.79. The number of hydrogen-bond acceptors (Lipinski definition) is 5. The number of nitrogens with zero attached hydrogens (tertiary/aromatic N) is 1. The number of piperidine rings is 1. The van der Waals surface area contributed by atoms with Crippen LogP contribution in [0.4, 0.5) is 26.3 Å². The average molecular weight is 401 g/mol. The zero-order chi connectivity index (χ0) is 20.1. The van der Waals surface area contributed by atoms with Crippen LogP contribution in [0.2, 0.25) is 0 Å². The summed E-state index contributed by atoms with van der Waals surface area (Å²) in [5.41, 5.74) is 0. The highest BCUT2D eigenvalue weighted by Crippen LogP contribution is 2.26. The van der Waals surface area contributed by atoms with Crippen molar-refractivity contribution in [2.24, 2.45) is 5.92 Å². The van der Waals surface area contributed by atoms with Gasteiger partial charge >= 0.3 is 18.5 Å². The maximum absolute atomic E-state index is 12.1. The molecule has 1 heterocycles. The summed E-state index contributed by atoms with van der Waals surface area (Å²) in [6, 6.07) is 4.97. The van der Waals surface area contributed by atoms with Crippen molar-refractivity contribution in [1.82, 2.24) is 5.06 Å². The van der Waals surface area contributed by atoms with Crippen molar-refractivity contribution in [1.29, 1.82) is 0 Å². The molecule has 5 nitrogen and oxygen atoms in total. The van der Waals surface area contributed by atoms with Gasteiger partial charge in [0.05, 0.1) is 6.61 Å². The molecule has 27 heavy (non-hydrogen) atoms. The van der Waals surface area contributed by atoms with Crippen LogP contribution >= 0.6 is 0 Å². The summed E-state index contributed by atoms with van der Waals surface area (Å²) in [5, 5.41) is 0.993. The molecular formula is C16H17F6NO4. The molecule has 0 radical (unpaired) electrons. The monoisotopic (exact) mass is 401 g/mol. The number of carbonyl (C=O) groups is 1. The van der Waals surface area contributed by atoms with Crippen molar-refractivity contribution < 1.29 is 45.4 Å². The zero-order valence-electron chi connectivity index (χ0n) is 14.0. The van der Waals surface area contributed by atoms with Crippen molar-refractivity contribution in [3.63, 3.8) is 0 Å². The van der Waals surface area contributed by atoms with E-state index in [2.05, 4.69) is 9.57 Å². The molecular weight excluding hydrogens is 384 g/mol. The lowest BCUT2D eigenvalue weighted by Crippen LogP contribution is -2.39. The van der Waals surface area contributed by atoms with E-state index in [-0.39, 0.29) is 24.8 Å². The van der Waals surface area contributed by atoms with Crippen LogP contribution in [0.5, 0.6) is 11.5 Å². The van der Waals surface area contributed by atoms with Gasteiger partial charge in [-0.25, -0.2) is 4.79 Å². The first-order valence-corrected chi connectivity index (χ1v) is 8.05. The van der Waals surface area contributed by atoms with E-state index >= 15 is 0 Å². The fourth-order valence-corrected chi connectivity index (χ4v) is 2.54. The SMILES string of the molecule is O=C(ON1CCC(CCOc2ccc(OC(F)(F)F)cc2)CC1)C(F)(F)F. The van der Waals surface area contributed by atoms with E-state index < -0.39 is 18.5 Å². The summed E-state index contributed by atoms with van der Waals surface area (Å²) in [5.74, 6) is -2.03. The third kappa shape index (κ3) is 7.53. The lowest BCUT2D eigenvalue weighted by atomic mass is 9.95. The molecule has 0 atom stereocenters. The first-order valence-electron chi connectivity index (χ1n) is 8.05. The highest BCUT2D eigenvalue weighted by molar-refractivity contribution is 5.75. The van der Waals surface area contributed by atoms with Gasteiger partial charge in [0.15, 0.2) is 0 Å². The van der Waals surface area contributed by atoms with Gasteiger partial charge in [0, 0.05) is 13.1 Å². The number of rotatable bonds is 6. The summed E-state index contributed by atoms with van der Waals surface area (Å²) in [7, 11) is 0. The minimum atomic E-state index is -5.02. The Morgan fingerprint density at radius 2 is 1.56 bits per heavy atom. The number of ether oxygens (including phenoxy) is 2. The lowest BCUT2D eigenvalue weighted by molar-refractivity contribution is -0.274. The zero-order valence-corrected chi connectivity index (χ0v) is 14.0. The lowest BCUT2D eigenvalue weighted by Gasteiger charge is -2.30. The van der Waals surface area contributed by atoms with Gasteiger partial charge in [-0.15, -0.1) is 18.2 Å². The molecule has 0 aliphatic carbocycles. The van der Waals surface area contributed by atoms with Gasteiger partial charge in [0.1, 0.15) is 11.5 Å². The van der Waals surface area contributed by atoms with Crippen molar-refractivity contribution in [3.8, 4) is 11.5 Å². The van der Waals surface area contributed by atoms with Gasteiger partial charge in [-0.1, -0.05) is 0 Å². The molecule has 1 aliphatic heterocycles. The Bertz CT molecular complexity index is 609. The predicted molar refractivity (Wildman–Crippen MR) is 79.7 cm³/mol. The number of carbonyl (C=O) groups excluding carboxylic acids is 1. The van der Waals surface area contributed by atoms with E-state index in [9.17, 15) is 31.1 Å². The number of hydroxylamine groups is 2. The normalized spacial score (nSPS) is 16.8. The third-order valence-corrected chi connectivity index (χ3v) is 3.87. The summed E-state index contributed by atoms with van der Waals surface area (Å²) in [6.07, 6.45) is -8.10. The van der Waals surface area contributed by atoms with Crippen LogP contribution < -0.4 is 9.47 Å². The Labute approximate surface area is 150 Å². The molecule has 0 unspecified atom stereocenters. The molecule has 0 aromatic heterocycles. The van der Waals surface area contributed by atoms with E-state index in [1.54, 1.807) is 0 Å². The van der Waals surface area contributed by atoms with Gasteiger partial charge in [-0.2, -0.15) is 13.2 Å². The van der Waals surface area contributed by atoms with Gasteiger partial charge in [0.2, 0.25) is 0 Å². The largest absolute Gasteiger partial charge is 0.573 e. The molecule has 1 saturated heterocycles. The maximum Gasteiger partial charge on any atom is 0.573 e. The average Bonchev–Trinajstić information content (AvgIpc) is 2.56. The molecule has 1 aliphatic rings. The summed E-state index contributed by atoms with van der Waals surface area (Å²) in [6.45, 7) is 0.679. The van der Waals surface area contributed by atoms with E-state index in [0.29, 0.717) is 31.6 Å². The van der Waals surface area contributed by atoms with Crippen LogP contribution in [0, 0.1) is 5.92 Å². The molecule has 1 aromatic carbocycles. The highest BCUT2D eigenvalue weighted by Gasteiger charge is 2.42. The molecule has 0 saturated carbocycles. The number of alkyl halides is 6. The van der Waals surface area contributed by atoms with Crippen molar-refractivity contribution in [2.75, 3.05) is 19.7 Å². The summed E-state index contributed by atoms with van der Waals surface area (Å²) >= 11 is 0. The van der Waals surface area contributed by atoms with Crippen molar-refractivity contribution >= 4 is 5.97 Å². The van der Waals surface area contributed by atoms with Crippen LogP contribution in [-0.4, -0.2) is 43.3 Å². The predicted octanol–water partition coefficient (Wildman–Crippen LogP) is 4.09. The van der Waals surface area contributed by atoms with E-state index in [0.717, 1.165) is 17.2 Å². The van der Waals surface area contributed by atoms with Crippen LogP contribution in [-0.2, 0) is 9.63 Å². The first-order chi connectivity index (χ1) is 12.5. The van der Waals surface area contributed by atoms with Crippen molar-refractivity contribution in [2.45, 2.75) is 31.8 Å². The molecule has 1 fully saturated rings. The molecule has 1 aromatic rings. The first kappa shape index (κ1) is 21.1. The smallest absolute Gasteiger partial charge is 0.494 e. The topological polar surface area (TPSA) is 48.0 Å². The molecule has 0 bridgehead atoms. The fraction of sp³-hybridized carbons (Fsp3) is 0.562. The number of benzene rings is 1. The van der Waals surface area contributed by atoms with Gasteiger partial charge in [-0.05, 0) is 49.4 Å². The van der Waals surface area contributed by atoms with E-state index in [4.69, 9.17) is 4.74 Å². The quantitative estimate of drug-likeness (QED) is 0.673. The van der Waals surface area contributed by atoms with Crippen molar-refractivity contribution in [3.05, 3.63) is 24.3 Å². The van der Waals surface area contributed by atoms with Crippen LogP contribution in [0.25, 0.3) is 0 Å². The molecule has 2 rings (SSSR count). The second-order valence-corrected chi connectivity index (χ2v) is 5.91. The van der Waals surface area contributed by atoms with Crippen LogP contribution in [0.3, 0.4) is 0 Å². The second-order valence-electron chi connectivity index (χ2n) is 5.91. The Morgan fingerprint density at radius 1 is 1.00 bits per heavy atom. The Balaban J connectivity index is 1.66. The summed E-state index contributed by atoms with van der Waals surface area (Å²) in [4.78, 5) is 15.0. The third-order valence-electron chi connectivity index (χ3n) is 3.87. The Morgan fingerprint density at radius 3 is 2.07 bits per heavy atom. The molecule has 0 N–H and O–H groups in total.